The first kappa shape index (κ1) is 16.4. The zero-order valence-electron chi connectivity index (χ0n) is 11.9. The van der Waals surface area contributed by atoms with E-state index in [1.165, 1.54) is 24.6 Å². The van der Waals surface area contributed by atoms with E-state index in [9.17, 15) is 13.2 Å². The van der Waals surface area contributed by atoms with Crippen LogP contribution in [0.2, 0.25) is 0 Å². The molecule has 0 radical (unpaired) electrons. The van der Waals surface area contributed by atoms with Crippen molar-refractivity contribution in [1.29, 1.82) is 0 Å². The van der Waals surface area contributed by atoms with Gasteiger partial charge in [0.15, 0.2) is 0 Å². The molecular formula is C12H17NO6S2. The minimum Gasteiger partial charge on any atom is -0.477 e. The van der Waals surface area contributed by atoms with Gasteiger partial charge in [0.2, 0.25) is 0 Å². The molecule has 2 rings (SSSR count). The lowest BCUT2D eigenvalue weighted by atomic mass is 10.3. The first-order valence-corrected chi connectivity index (χ1v) is 8.46. The molecule has 1 fully saturated rings. The van der Waals surface area contributed by atoms with E-state index < -0.39 is 16.0 Å². The number of rotatable bonds is 5. The van der Waals surface area contributed by atoms with Crippen LogP contribution in [0.25, 0.3) is 0 Å². The van der Waals surface area contributed by atoms with Crippen LogP contribution in [-0.4, -0.2) is 63.3 Å². The third-order valence-electron chi connectivity index (χ3n) is 3.47. The van der Waals surface area contributed by atoms with Gasteiger partial charge in [0, 0.05) is 27.3 Å². The van der Waals surface area contributed by atoms with Gasteiger partial charge in [0.05, 0.1) is 12.2 Å². The Bertz CT molecular complexity index is 626. The number of ether oxygens (including phenoxy) is 2. The van der Waals surface area contributed by atoms with Crippen molar-refractivity contribution in [3.63, 3.8) is 0 Å². The van der Waals surface area contributed by atoms with Crippen LogP contribution in [0, 0.1) is 6.92 Å². The minimum atomic E-state index is -3.73. The van der Waals surface area contributed by atoms with Crippen LogP contribution in [0.3, 0.4) is 0 Å². The molecule has 1 aliphatic rings. The van der Waals surface area contributed by atoms with Crippen LogP contribution in [0.15, 0.2) is 10.3 Å². The van der Waals surface area contributed by atoms with Gasteiger partial charge >= 0.3 is 5.97 Å². The fraction of sp³-hybridized carbons (Fsp3) is 0.583. The molecule has 0 amide bonds. The molecule has 7 nitrogen and oxygen atoms in total. The van der Waals surface area contributed by atoms with Gasteiger partial charge < -0.3 is 14.6 Å². The molecule has 9 heteroatoms. The number of carboxylic acid groups (broad SMARTS) is 1. The van der Waals surface area contributed by atoms with Gasteiger partial charge in [-0.15, -0.1) is 11.3 Å². The van der Waals surface area contributed by atoms with Crippen molar-refractivity contribution in [1.82, 2.24) is 4.31 Å². The lowest BCUT2D eigenvalue weighted by Gasteiger charge is -2.14. The third kappa shape index (κ3) is 2.97. The van der Waals surface area contributed by atoms with Crippen molar-refractivity contribution in [2.24, 2.45) is 0 Å². The zero-order valence-corrected chi connectivity index (χ0v) is 13.5. The Balaban J connectivity index is 2.31. The minimum absolute atomic E-state index is 0.0315. The van der Waals surface area contributed by atoms with Crippen molar-refractivity contribution in [3.05, 3.63) is 16.5 Å². The number of methoxy groups -OCH3 is 2. The van der Waals surface area contributed by atoms with E-state index in [1.807, 2.05) is 0 Å². The Hall–Kier alpha value is -1.00. The van der Waals surface area contributed by atoms with Gasteiger partial charge in [-0.25, -0.2) is 13.2 Å². The number of hydrogen-bond donors (Lipinski definition) is 1. The Morgan fingerprint density at radius 2 is 1.86 bits per heavy atom. The van der Waals surface area contributed by atoms with Crippen LogP contribution in [-0.2, 0) is 19.5 Å². The first-order valence-electron chi connectivity index (χ1n) is 6.20. The summed E-state index contributed by atoms with van der Waals surface area (Å²) < 4.78 is 36.9. The van der Waals surface area contributed by atoms with Crippen molar-refractivity contribution < 1.29 is 27.8 Å². The number of thiophene rings is 1. The van der Waals surface area contributed by atoms with Crippen molar-refractivity contribution in [3.8, 4) is 0 Å². The number of carbonyl (C=O) groups is 1. The monoisotopic (exact) mass is 335 g/mol. The molecule has 1 N–H and O–H groups in total. The molecule has 0 aromatic carbocycles. The maximum Gasteiger partial charge on any atom is 0.346 e. The summed E-state index contributed by atoms with van der Waals surface area (Å²) in [7, 11) is -0.722. The Morgan fingerprint density at radius 3 is 2.24 bits per heavy atom. The number of aryl methyl sites for hydroxylation is 1. The Labute approximate surface area is 127 Å². The summed E-state index contributed by atoms with van der Waals surface area (Å²) in [5, 5.41) is 9.03. The first-order chi connectivity index (χ1) is 9.81. The summed E-state index contributed by atoms with van der Waals surface area (Å²) in [6, 6.07) is 1.39. The number of hydrogen-bond acceptors (Lipinski definition) is 6. The fourth-order valence-electron chi connectivity index (χ4n) is 2.28. The van der Waals surface area contributed by atoms with Crippen LogP contribution in [0.5, 0.6) is 0 Å². The molecule has 2 heterocycles. The lowest BCUT2D eigenvalue weighted by molar-refractivity contribution is -0.00461. The van der Waals surface area contributed by atoms with Gasteiger partial charge in [-0.1, -0.05) is 0 Å². The van der Waals surface area contributed by atoms with Crippen molar-refractivity contribution >= 4 is 27.3 Å². The number of nitrogens with zero attached hydrogens (tertiary/aromatic N) is 1. The van der Waals surface area contributed by atoms with Gasteiger partial charge in [-0.3, -0.25) is 0 Å². The second-order valence-corrected chi connectivity index (χ2v) is 7.97. The van der Waals surface area contributed by atoms with E-state index in [0.29, 0.717) is 5.56 Å². The SMILES string of the molecule is COC1CN(S(=O)(=O)c2cc(C)c(C(=O)O)s2)CC1OC. The molecule has 1 saturated heterocycles. The summed E-state index contributed by atoms with van der Waals surface area (Å²) in [4.78, 5) is 11.1. The molecule has 1 aromatic rings. The second-order valence-electron chi connectivity index (χ2n) is 4.75. The Morgan fingerprint density at radius 1 is 1.33 bits per heavy atom. The molecule has 0 saturated carbocycles. The Kier molecular flexibility index (Phi) is 4.69. The maximum atomic E-state index is 12.6. The smallest absolute Gasteiger partial charge is 0.346 e. The number of carboxylic acids is 1. The average Bonchev–Trinajstić information content (AvgIpc) is 3.02. The van der Waals surface area contributed by atoms with Crippen LogP contribution in [0.1, 0.15) is 15.2 Å². The zero-order chi connectivity index (χ0) is 15.8. The standard InChI is InChI=1S/C12H17NO6S2/c1-7-4-10(20-11(7)12(14)15)21(16,17)13-5-8(18-2)9(6-13)19-3/h4,8-9H,5-6H2,1-3H3,(H,14,15). The third-order valence-corrected chi connectivity index (χ3v) is 6.98. The lowest BCUT2D eigenvalue weighted by Crippen LogP contribution is -2.29. The molecule has 0 spiro atoms. The van der Waals surface area contributed by atoms with E-state index >= 15 is 0 Å². The molecule has 2 unspecified atom stereocenters. The topological polar surface area (TPSA) is 93.1 Å². The second kappa shape index (κ2) is 6.01. The highest BCUT2D eigenvalue weighted by Crippen LogP contribution is 2.31. The molecule has 2 atom stereocenters. The predicted octanol–water partition coefficient (Wildman–Crippen LogP) is 0.789. The molecule has 118 valence electrons. The van der Waals surface area contributed by atoms with E-state index in [2.05, 4.69) is 0 Å². The summed E-state index contributed by atoms with van der Waals surface area (Å²) >= 11 is 0.768. The highest BCUT2D eigenvalue weighted by molar-refractivity contribution is 7.91. The molecule has 0 bridgehead atoms. The normalized spacial score (nSPS) is 23.6. The van der Waals surface area contributed by atoms with Crippen LogP contribution >= 0.6 is 11.3 Å². The summed E-state index contributed by atoms with van der Waals surface area (Å²) in [5.41, 5.74) is 0.442. The number of aromatic carboxylic acids is 1. The quantitative estimate of drug-likeness (QED) is 0.855. The van der Waals surface area contributed by atoms with Crippen LogP contribution < -0.4 is 0 Å². The highest BCUT2D eigenvalue weighted by atomic mass is 32.2. The fourth-order valence-corrected chi connectivity index (χ4v) is 5.28. The van der Waals surface area contributed by atoms with E-state index in [0.717, 1.165) is 11.3 Å². The largest absolute Gasteiger partial charge is 0.477 e. The average molecular weight is 335 g/mol. The highest BCUT2D eigenvalue weighted by Gasteiger charge is 2.40. The van der Waals surface area contributed by atoms with Gasteiger partial charge in [0.25, 0.3) is 10.0 Å². The summed E-state index contributed by atoms with van der Waals surface area (Å²) in [5.74, 6) is -1.12. The molecule has 1 aliphatic heterocycles. The molecule has 1 aromatic heterocycles. The molecule has 21 heavy (non-hydrogen) atoms. The van der Waals surface area contributed by atoms with Gasteiger partial charge in [-0.05, 0) is 18.6 Å². The van der Waals surface area contributed by atoms with E-state index in [1.54, 1.807) is 6.92 Å². The predicted molar refractivity (Wildman–Crippen MR) is 76.4 cm³/mol. The van der Waals surface area contributed by atoms with E-state index in [-0.39, 0.29) is 34.4 Å². The van der Waals surface area contributed by atoms with Gasteiger partial charge in [-0.2, -0.15) is 4.31 Å². The van der Waals surface area contributed by atoms with Crippen molar-refractivity contribution in [2.45, 2.75) is 23.3 Å². The van der Waals surface area contributed by atoms with Crippen LogP contribution in [0.4, 0.5) is 0 Å². The maximum absolute atomic E-state index is 12.6. The van der Waals surface area contributed by atoms with E-state index in [4.69, 9.17) is 14.6 Å². The summed E-state index contributed by atoms with van der Waals surface area (Å²) in [6.45, 7) is 1.96. The molecular weight excluding hydrogens is 318 g/mol. The van der Waals surface area contributed by atoms with Gasteiger partial charge in [0.1, 0.15) is 9.09 Å². The summed E-state index contributed by atoms with van der Waals surface area (Å²) in [6.07, 6.45) is -0.658. The molecule has 0 aliphatic carbocycles. The van der Waals surface area contributed by atoms with Crippen molar-refractivity contribution in [2.75, 3.05) is 27.3 Å². The number of sulfonamides is 1.